The van der Waals surface area contributed by atoms with E-state index in [0.29, 0.717) is 23.7 Å². The van der Waals surface area contributed by atoms with Gasteiger partial charge in [-0.15, -0.1) is 0 Å². The summed E-state index contributed by atoms with van der Waals surface area (Å²) in [6.45, 7) is 3.86. The molecule has 28 heavy (non-hydrogen) atoms. The SMILES string of the molecule is C=CCOc1ccc(/C=C/C(=O)NC(c2ccccc2)C(F)(F)F)cc1OC. The lowest BCUT2D eigenvalue weighted by molar-refractivity contribution is -0.162. The summed E-state index contributed by atoms with van der Waals surface area (Å²) in [5.74, 6) is 0.0594. The van der Waals surface area contributed by atoms with Crippen LogP contribution >= 0.6 is 0 Å². The van der Waals surface area contributed by atoms with Gasteiger partial charge in [-0.1, -0.05) is 49.1 Å². The van der Waals surface area contributed by atoms with E-state index in [1.165, 1.54) is 37.5 Å². The summed E-state index contributed by atoms with van der Waals surface area (Å²) in [6, 6.07) is 10.0. The maximum Gasteiger partial charge on any atom is 0.412 e. The van der Waals surface area contributed by atoms with Crippen LogP contribution in [0.15, 0.2) is 67.3 Å². The van der Waals surface area contributed by atoms with Crippen LogP contribution in [0.5, 0.6) is 11.5 Å². The Morgan fingerprint density at radius 2 is 1.89 bits per heavy atom. The fourth-order valence-corrected chi connectivity index (χ4v) is 2.42. The zero-order chi connectivity index (χ0) is 20.6. The topological polar surface area (TPSA) is 47.6 Å². The van der Waals surface area contributed by atoms with Gasteiger partial charge in [0.2, 0.25) is 5.91 Å². The second-order valence-electron chi connectivity index (χ2n) is 5.74. The van der Waals surface area contributed by atoms with Crippen molar-refractivity contribution >= 4 is 12.0 Å². The highest BCUT2D eigenvalue weighted by Crippen LogP contribution is 2.32. The normalized spacial score (nSPS) is 12.4. The molecule has 0 aliphatic carbocycles. The van der Waals surface area contributed by atoms with E-state index in [1.54, 1.807) is 30.3 Å². The van der Waals surface area contributed by atoms with Gasteiger partial charge in [-0.25, -0.2) is 0 Å². The predicted octanol–water partition coefficient (Wildman–Crippen LogP) is 4.69. The number of halogens is 3. The Kier molecular flexibility index (Phi) is 7.26. The Bertz CT molecular complexity index is 833. The average molecular weight is 391 g/mol. The summed E-state index contributed by atoms with van der Waals surface area (Å²) >= 11 is 0. The molecule has 148 valence electrons. The van der Waals surface area contributed by atoms with E-state index >= 15 is 0 Å². The quantitative estimate of drug-likeness (QED) is 0.525. The third-order valence-electron chi connectivity index (χ3n) is 3.72. The molecule has 1 unspecified atom stereocenters. The van der Waals surface area contributed by atoms with Gasteiger partial charge in [-0.2, -0.15) is 13.2 Å². The van der Waals surface area contributed by atoms with Crippen LogP contribution in [0, 0.1) is 0 Å². The number of hydrogen-bond acceptors (Lipinski definition) is 3. The van der Waals surface area contributed by atoms with E-state index in [4.69, 9.17) is 9.47 Å². The monoisotopic (exact) mass is 391 g/mol. The average Bonchev–Trinajstić information content (AvgIpc) is 2.68. The first-order chi connectivity index (χ1) is 13.3. The van der Waals surface area contributed by atoms with Crippen LogP contribution in [0.4, 0.5) is 13.2 Å². The van der Waals surface area contributed by atoms with E-state index in [-0.39, 0.29) is 5.56 Å². The van der Waals surface area contributed by atoms with Gasteiger partial charge in [0.15, 0.2) is 17.5 Å². The Balaban J connectivity index is 2.12. The number of hydrogen-bond donors (Lipinski definition) is 1. The molecule has 2 aromatic rings. The number of nitrogens with one attached hydrogen (secondary N) is 1. The van der Waals surface area contributed by atoms with Crippen molar-refractivity contribution in [2.75, 3.05) is 13.7 Å². The van der Waals surface area contributed by atoms with E-state index in [1.807, 2.05) is 5.32 Å². The minimum absolute atomic E-state index is 0.0397. The van der Waals surface area contributed by atoms with Crippen LogP contribution in [-0.2, 0) is 4.79 Å². The third kappa shape index (κ3) is 5.90. The molecule has 2 rings (SSSR count). The minimum Gasteiger partial charge on any atom is -0.493 e. The summed E-state index contributed by atoms with van der Waals surface area (Å²) < 4.78 is 50.5. The Hall–Kier alpha value is -3.22. The van der Waals surface area contributed by atoms with Gasteiger partial charge >= 0.3 is 6.18 Å². The lowest BCUT2D eigenvalue weighted by Gasteiger charge is -2.21. The van der Waals surface area contributed by atoms with Gasteiger partial charge in [0.05, 0.1) is 7.11 Å². The standard InChI is InChI=1S/C21H20F3NO3/c1-3-13-28-17-11-9-15(14-18(17)27-2)10-12-19(26)25-20(21(22,23)24)16-7-5-4-6-8-16/h3-12,14,20H,1,13H2,2H3,(H,25,26)/b12-10+. The second-order valence-corrected chi connectivity index (χ2v) is 5.74. The first kappa shape index (κ1) is 21.1. The van der Waals surface area contributed by atoms with Crippen LogP contribution < -0.4 is 14.8 Å². The summed E-state index contributed by atoms with van der Waals surface area (Å²) in [5, 5.41) is 1.99. The highest BCUT2D eigenvalue weighted by atomic mass is 19.4. The largest absolute Gasteiger partial charge is 0.493 e. The van der Waals surface area contributed by atoms with Gasteiger partial charge in [0.25, 0.3) is 0 Å². The third-order valence-corrected chi connectivity index (χ3v) is 3.72. The van der Waals surface area contributed by atoms with E-state index < -0.39 is 18.1 Å². The molecular formula is C21H20F3NO3. The summed E-state index contributed by atoms with van der Waals surface area (Å²) in [4.78, 5) is 12.0. The highest BCUT2D eigenvalue weighted by Gasteiger charge is 2.41. The summed E-state index contributed by atoms with van der Waals surface area (Å²) in [7, 11) is 1.46. The zero-order valence-electron chi connectivity index (χ0n) is 15.2. The van der Waals surface area contributed by atoms with Crippen molar-refractivity contribution in [2.24, 2.45) is 0 Å². The fraction of sp³-hybridized carbons (Fsp3) is 0.190. The molecule has 0 bridgehead atoms. The van der Waals surface area contributed by atoms with Crippen molar-refractivity contribution < 1.29 is 27.4 Å². The Labute approximate surface area is 161 Å². The molecule has 0 aliphatic rings. The number of benzene rings is 2. The van der Waals surface area contributed by atoms with Gasteiger partial charge in [0.1, 0.15) is 6.61 Å². The van der Waals surface area contributed by atoms with Crippen molar-refractivity contribution in [1.82, 2.24) is 5.32 Å². The molecule has 0 fully saturated rings. The molecule has 4 nitrogen and oxygen atoms in total. The molecule has 1 atom stereocenters. The molecule has 2 aromatic carbocycles. The maximum absolute atomic E-state index is 13.3. The zero-order valence-corrected chi connectivity index (χ0v) is 15.2. The molecular weight excluding hydrogens is 371 g/mol. The molecule has 1 amide bonds. The molecule has 0 radical (unpaired) electrons. The van der Waals surface area contributed by atoms with Crippen molar-refractivity contribution in [2.45, 2.75) is 12.2 Å². The molecule has 0 saturated heterocycles. The van der Waals surface area contributed by atoms with Crippen molar-refractivity contribution in [3.8, 4) is 11.5 Å². The Morgan fingerprint density at radius 3 is 2.50 bits per heavy atom. The van der Waals surface area contributed by atoms with Crippen molar-refractivity contribution in [1.29, 1.82) is 0 Å². The van der Waals surface area contributed by atoms with Crippen LogP contribution in [0.3, 0.4) is 0 Å². The fourth-order valence-electron chi connectivity index (χ4n) is 2.42. The number of ether oxygens (including phenoxy) is 2. The molecule has 0 spiro atoms. The molecule has 0 heterocycles. The van der Waals surface area contributed by atoms with E-state index in [2.05, 4.69) is 6.58 Å². The van der Waals surface area contributed by atoms with Crippen molar-refractivity contribution in [3.63, 3.8) is 0 Å². The first-order valence-corrected chi connectivity index (χ1v) is 8.37. The molecule has 0 aromatic heterocycles. The minimum atomic E-state index is -4.61. The van der Waals surface area contributed by atoms with Gasteiger partial charge < -0.3 is 14.8 Å². The summed E-state index contributed by atoms with van der Waals surface area (Å²) in [6.07, 6.45) is -0.589. The maximum atomic E-state index is 13.3. The number of carbonyl (C=O) groups excluding carboxylic acids is 1. The second kappa shape index (κ2) is 9.64. The molecule has 7 heteroatoms. The summed E-state index contributed by atoms with van der Waals surface area (Å²) in [5.41, 5.74) is 0.531. The number of carbonyl (C=O) groups is 1. The lowest BCUT2D eigenvalue weighted by Crippen LogP contribution is -2.37. The van der Waals surface area contributed by atoms with Crippen LogP contribution in [0.1, 0.15) is 17.2 Å². The van der Waals surface area contributed by atoms with Crippen LogP contribution in [0.25, 0.3) is 6.08 Å². The molecule has 0 saturated carbocycles. The number of amides is 1. The lowest BCUT2D eigenvalue weighted by atomic mass is 10.1. The molecule has 1 N–H and O–H groups in total. The molecule has 0 aliphatic heterocycles. The number of alkyl halides is 3. The van der Waals surface area contributed by atoms with E-state index in [0.717, 1.165) is 6.08 Å². The van der Waals surface area contributed by atoms with Gasteiger partial charge in [-0.3, -0.25) is 4.79 Å². The van der Waals surface area contributed by atoms with Crippen molar-refractivity contribution in [3.05, 3.63) is 78.4 Å². The van der Waals surface area contributed by atoms with Crippen LogP contribution in [0.2, 0.25) is 0 Å². The predicted molar refractivity (Wildman–Crippen MR) is 101 cm³/mol. The number of rotatable bonds is 8. The Morgan fingerprint density at radius 1 is 1.18 bits per heavy atom. The van der Waals surface area contributed by atoms with Gasteiger partial charge in [-0.05, 0) is 29.3 Å². The number of methoxy groups -OCH3 is 1. The first-order valence-electron chi connectivity index (χ1n) is 8.37. The van der Waals surface area contributed by atoms with Crippen LogP contribution in [-0.4, -0.2) is 25.8 Å². The van der Waals surface area contributed by atoms with Gasteiger partial charge in [0, 0.05) is 6.08 Å². The van der Waals surface area contributed by atoms with E-state index in [9.17, 15) is 18.0 Å². The smallest absolute Gasteiger partial charge is 0.412 e. The highest BCUT2D eigenvalue weighted by molar-refractivity contribution is 5.92.